The van der Waals surface area contributed by atoms with Crippen LogP contribution in [-0.2, 0) is 0 Å². The summed E-state index contributed by atoms with van der Waals surface area (Å²) in [6.45, 7) is 4.72. The van der Waals surface area contributed by atoms with Crippen LogP contribution in [0, 0.1) is 5.41 Å². The van der Waals surface area contributed by atoms with E-state index in [0.717, 1.165) is 0 Å². The SMILES string of the molecule is CC1(C)CC/C(=C\c2ccccc2)C1. The highest BCUT2D eigenvalue weighted by Gasteiger charge is 2.26. The lowest BCUT2D eigenvalue weighted by atomic mass is 9.91. The third-order valence-electron chi connectivity index (χ3n) is 3.00. The smallest absolute Gasteiger partial charge is 0.0257 e. The van der Waals surface area contributed by atoms with Gasteiger partial charge < -0.3 is 0 Å². The monoisotopic (exact) mass is 186 g/mol. The summed E-state index contributed by atoms with van der Waals surface area (Å²) in [6, 6.07) is 10.6. The Hall–Kier alpha value is -1.04. The highest BCUT2D eigenvalue weighted by atomic mass is 14.3. The van der Waals surface area contributed by atoms with Crippen LogP contribution in [0.4, 0.5) is 0 Å². The normalized spacial score (nSPS) is 22.9. The fourth-order valence-electron chi connectivity index (χ4n) is 2.20. The Bertz CT molecular complexity index is 330. The summed E-state index contributed by atoms with van der Waals surface area (Å²) in [6.07, 6.45) is 6.24. The molecular formula is C14H18. The van der Waals surface area contributed by atoms with Crippen LogP contribution in [0.3, 0.4) is 0 Å². The molecule has 0 spiro atoms. The molecule has 0 heterocycles. The van der Waals surface area contributed by atoms with E-state index in [-0.39, 0.29) is 0 Å². The predicted molar refractivity (Wildman–Crippen MR) is 62.1 cm³/mol. The molecule has 2 rings (SSSR count). The van der Waals surface area contributed by atoms with Gasteiger partial charge in [-0.15, -0.1) is 0 Å². The second-order valence-corrected chi connectivity index (χ2v) is 5.05. The first-order valence-electron chi connectivity index (χ1n) is 5.40. The van der Waals surface area contributed by atoms with Crippen LogP contribution in [0.2, 0.25) is 0 Å². The molecule has 1 saturated carbocycles. The zero-order valence-electron chi connectivity index (χ0n) is 9.09. The van der Waals surface area contributed by atoms with Crippen LogP contribution < -0.4 is 0 Å². The van der Waals surface area contributed by atoms with Gasteiger partial charge in [-0.25, -0.2) is 0 Å². The minimum atomic E-state index is 0.528. The molecule has 1 aliphatic rings. The minimum absolute atomic E-state index is 0.528. The molecular weight excluding hydrogens is 168 g/mol. The topological polar surface area (TPSA) is 0 Å². The molecule has 0 atom stereocenters. The lowest BCUT2D eigenvalue weighted by molar-refractivity contribution is 0.389. The van der Waals surface area contributed by atoms with Crippen LogP contribution in [0.25, 0.3) is 6.08 Å². The fourth-order valence-corrected chi connectivity index (χ4v) is 2.20. The zero-order chi connectivity index (χ0) is 10.0. The fraction of sp³-hybridized carbons (Fsp3) is 0.429. The molecule has 0 N–H and O–H groups in total. The average Bonchev–Trinajstić information content (AvgIpc) is 2.47. The van der Waals surface area contributed by atoms with Crippen LogP contribution >= 0.6 is 0 Å². The number of benzene rings is 1. The molecule has 0 heteroatoms. The van der Waals surface area contributed by atoms with Crippen molar-refractivity contribution in [2.75, 3.05) is 0 Å². The van der Waals surface area contributed by atoms with Crippen LogP contribution in [0.5, 0.6) is 0 Å². The van der Waals surface area contributed by atoms with Gasteiger partial charge in [0.05, 0.1) is 0 Å². The molecule has 1 fully saturated rings. The zero-order valence-corrected chi connectivity index (χ0v) is 9.09. The van der Waals surface area contributed by atoms with Gasteiger partial charge in [-0.05, 0) is 30.2 Å². The van der Waals surface area contributed by atoms with E-state index >= 15 is 0 Å². The van der Waals surface area contributed by atoms with Crippen molar-refractivity contribution in [1.82, 2.24) is 0 Å². The Labute approximate surface area is 86.7 Å². The molecule has 0 nitrogen and oxygen atoms in total. The molecule has 1 aromatic rings. The minimum Gasteiger partial charge on any atom is -0.0691 e. The number of allylic oxidation sites excluding steroid dienone is 1. The quantitative estimate of drug-likeness (QED) is 0.614. The Kier molecular flexibility index (Phi) is 2.45. The molecule has 0 unspecified atom stereocenters. The van der Waals surface area contributed by atoms with Gasteiger partial charge in [0.25, 0.3) is 0 Å². The van der Waals surface area contributed by atoms with Crippen molar-refractivity contribution in [2.45, 2.75) is 33.1 Å². The van der Waals surface area contributed by atoms with Gasteiger partial charge >= 0.3 is 0 Å². The second kappa shape index (κ2) is 3.61. The van der Waals surface area contributed by atoms with Crippen LogP contribution in [0.15, 0.2) is 35.9 Å². The lowest BCUT2D eigenvalue weighted by Crippen LogP contribution is -2.02. The first-order valence-corrected chi connectivity index (χ1v) is 5.40. The van der Waals surface area contributed by atoms with Crippen molar-refractivity contribution >= 4 is 6.08 Å². The molecule has 1 aliphatic carbocycles. The molecule has 14 heavy (non-hydrogen) atoms. The third-order valence-corrected chi connectivity index (χ3v) is 3.00. The summed E-state index contributed by atoms with van der Waals surface area (Å²) < 4.78 is 0. The van der Waals surface area contributed by atoms with Gasteiger partial charge in [0, 0.05) is 0 Å². The molecule has 0 radical (unpaired) electrons. The first-order chi connectivity index (χ1) is 6.66. The Morgan fingerprint density at radius 3 is 2.43 bits per heavy atom. The van der Waals surface area contributed by atoms with Crippen LogP contribution in [-0.4, -0.2) is 0 Å². The Morgan fingerprint density at radius 2 is 1.86 bits per heavy atom. The molecule has 0 aromatic heterocycles. The number of rotatable bonds is 1. The van der Waals surface area contributed by atoms with Crippen LogP contribution in [0.1, 0.15) is 38.7 Å². The number of hydrogen-bond donors (Lipinski definition) is 0. The van der Waals surface area contributed by atoms with Gasteiger partial charge in [-0.2, -0.15) is 0 Å². The van der Waals surface area contributed by atoms with Gasteiger partial charge in [0.2, 0.25) is 0 Å². The largest absolute Gasteiger partial charge is 0.0691 e. The van der Waals surface area contributed by atoms with E-state index in [1.54, 1.807) is 5.57 Å². The molecule has 0 saturated heterocycles. The highest BCUT2D eigenvalue weighted by Crippen LogP contribution is 2.41. The Morgan fingerprint density at radius 1 is 1.14 bits per heavy atom. The van der Waals surface area contributed by atoms with Crippen molar-refractivity contribution < 1.29 is 0 Å². The lowest BCUT2D eigenvalue weighted by Gasteiger charge is -2.14. The maximum atomic E-state index is 2.36. The van der Waals surface area contributed by atoms with E-state index in [1.807, 2.05) is 0 Å². The molecule has 1 aromatic carbocycles. The molecule has 0 aliphatic heterocycles. The standard InChI is InChI=1S/C14H18/c1-14(2)9-8-13(11-14)10-12-6-4-3-5-7-12/h3-7,10H,8-9,11H2,1-2H3/b13-10+. The van der Waals surface area contributed by atoms with Gasteiger partial charge in [0.15, 0.2) is 0 Å². The van der Waals surface area contributed by atoms with E-state index in [2.05, 4.69) is 50.3 Å². The predicted octanol–water partition coefficient (Wildman–Crippen LogP) is 4.28. The second-order valence-electron chi connectivity index (χ2n) is 5.05. The maximum absolute atomic E-state index is 2.36. The number of hydrogen-bond acceptors (Lipinski definition) is 0. The van der Waals surface area contributed by atoms with E-state index in [1.165, 1.54) is 24.8 Å². The van der Waals surface area contributed by atoms with E-state index in [4.69, 9.17) is 0 Å². The molecule has 0 amide bonds. The summed E-state index contributed by atoms with van der Waals surface area (Å²) in [5, 5.41) is 0. The summed E-state index contributed by atoms with van der Waals surface area (Å²) in [5.74, 6) is 0. The van der Waals surface area contributed by atoms with Crippen molar-refractivity contribution in [3.63, 3.8) is 0 Å². The van der Waals surface area contributed by atoms with E-state index in [9.17, 15) is 0 Å². The average molecular weight is 186 g/mol. The van der Waals surface area contributed by atoms with Crippen molar-refractivity contribution in [2.24, 2.45) is 5.41 Å². The summed E-state index contributed by atoms with van der Waals surface area (Å²) in [5.41, 5.74) is 3.49. The maximum Gasteiger partial charge on any atom is -0.0257 e. The van der Waals surface area contributed by atoms with Gasteiger partial charge in [0.1, 0.15) is 0 Å². The van der Waals surface area contributed by atoms with E-state index < -0.39 is 0 Å². The van der Waals surface area contributed by atoms with Gasteiger partial charge in [-0.1, -0.05) is 55.8 Å². The summed E-state index contributed by atoms with van der Waals surface area (Å²) in [4.78, 5) is 0. The van der Waals surface area contributed by atoms with Crippen molar-refractivity contribution in [3.05, 3.63) is 41.5 Å². The summed E-state index contributed by atoms with van der Waals surface area (Å²) in [7, 11) is 0. The van der Waals surface area contributed by atoms with Gasteiger partial charge in [-0.3, -0.25) is 0 Å². The Balaban J connectivity index is 2.14. The van der Waals surface area contributed by atoms with Crippen molar-refractivity contribution in [1.29, 1.82) is 0 Å². The third kappa shape index (κ3) is 2.25. The highest BCUT2D eigenvalue weighted by molar-refractivity contribution is 5.53. The summed E-state index contributed by atoms with van der Waals surface area (Å²) >= 11 is 0. The molecule has 0 bridgehead atoms. The molecule has 74 valence electrons. The van der Waals surface area contributed by atoms with E-state index in [0.29, 0.717) is 5.41 Å². The first kappa shape index (κ1) is 9.51. The van der Waals surface area contributed by atoms with Crippen molar-refractivity contribution in [3.8, 4) is 0 Å².